The van der Waals surface area contributed by atoms with Crippen LogP contribution in [-0.4, -0.2) is 12.6 Å². The minimum Gasteiger partial charge on any atom is -0.487 e. The average Bonchev–Trinajstić information content (AvgIpc) is 2.46. The standard InChI is InChI=1S/C17H19NO/c1-3-14-8-4-5-9-15(14)18-12-13(2)19-17-11-7-6-10-16(17)18/h4-11,13H,3,12H2,1-2H3. The summed E-state index contributed by atoms with van der Waals surface area (Å²) in [4.78, 5) is 2.38. The minimum absolute atomic E-state index is 0.208. The lowest BCUT2D eigenvalue weighted by Gasteiger charge is -2.36. The molecule has 2 nitrogen and oxygen atoms in total. The van der Waals surface area contributed by atoms with Crippen molar-refractivity contribution >= 4 is 11.4 Å². The molecule has 1 heterocycles. The molecule has 0 fully saturated rings. The summed E-state index contributed by atoms with van der Waals surface area (Å²) in [7, 11) is 0. The van der Waals surface area contributed by atoms with E-state index in [4.69, 9.17) is 4.74 Å². The van der Waals surface area contributed by atoms with Crippen molar-refractivity contribution in [2.75, 3.05) is 11.4 Å². The largest absolute Gasteiger partial charge is 0.487 e. The van der Waals surface area contributed by atoms with Gasteiger partial charge in [0, 0.05) is 5.69 Å². The summed E-state index contributed by atoms with van der Waals surface area (Å²) in [6.07, 6.45) is 1.25. The van der Waals surface area contributed by atoms with Crippen molar-refractivity contribution in [1.29, 1.82) is 0 Å². The number of anilines is 2. The van der Waals surface area contributed by atoms with Crippen molar-refractivity contribution in [3.63, 3.8) is 0 Å². The van der Waals surface area contributed by atoms with Crippen LogP contribution in [0.3, 0.4) is 0 Å². The number of para-hydroxylation sites is 3. The zero-order valence-corrected chi connectivity index (χ0v) is 11.5. The molecule has 0 bridgehead atoms. The molecule has 0 spiro atoms. The van der Waals surface area contributed by atoms with E-state index in [9.17, 15) is 0 Å². The van der Waals surface area contributed by atoms with Gasteiger partial charge in [-0.1, -0.05) is 37.3 Å². The molecule has 0 saturated carbocycles. The molecule has 1 unspecified atom stereocenters. The number of ether oxygens (including phenoxy) is 1. The molecule has 2 aromatic carbocycles. The third-order valence-corrected chi connectivity index (χ3v) is 3.59. The lowest BCUT2D eigenvalue weighted by atomic mass is 10.1. The lowest BCUT2D eigenvalue weighted by molar-refractivity contribution is 0.217. The highest BCUT2D eigenvalue weighted by Crippen LogP contribution is 2.39. The maximum Gasteiger partial charge on any atom is 0.143 e. The molecular formula is C17H19NO. The fourth-order valence-electron chi connectivity index (χ4n) is 2.69. The van der Waals surface area contributed by atoms with Crippen LogP contribution in [0, 0.1) is 0 Å². The van der Waals surface area contributed by atoms with E-state index < -0.39 is 0 Å². The molecular weight excluding hydrogens is 234 g/mol. The molecule has 2 aromatic rings. The molecule has 0 aromatic heterocycles. The van der Waals surface area contributed by atoms with Crippen LogP contribution in [0.25, 0.3) is 0 Å². The summed E-state index contributed by atoms with van der Waals surface area (Å²) < 4.78 is 5.92. The van der Waals surface area contributed by atoms with E-state index in [1.807, 2.05) is 12.1 Å². The van der Waals surface area contributed by atoms with Crippen molar-refractivity contribution in [3.8, 4) is 5.75 Å². The third kappa shape index (κ3) is 2.19. The fourth-order valence-corrected chi connectivity index (χ4v) is 2.69. The molecule has 1 aliphatic heterocycles. The van der Waals surface area contributed by atoms with Gasteiger partial charge >= 0.3 is 0 Å². The van der Waals surface area contributed by atoms with Gasteiger partial charge < -0.3 is 9.64 Å². The van der Waals surface area contributed by atoms with Crippen LogP contribution in [0.5, 0.6) is 5.75 Å². The van der Waals surface area contributed by atoms with Crippen molar-refractivity contribution in [1.82, 2.24) is 0 Å². The highest BCUT2D eigenvalue weighted by molar-refractivity contribution is 5.72. The lowest BCUT2D eigenvalue weighted by Crippen LogP contribution is -2.35. The average molecular weight is 253 g/mol. The molecule has 0 aliphatic carbocycles. The van der Waals surface area contributed by atoms with Crippen LogP contribution in [0.4, 0.5) is 11.4 Å². The van der Waals surface area contributed by atoms with E-state index in [0.717, 1.165) is 18.7 Å². The first-order valence-electron chi connectivity index (χ1n) is 6.90. The van der Waals surface area contributed by atoms with Gasteiger partial charge in [0.15, 0.2) is 0 Å². The van der Waals surface area contributed by atoms with Crippen molar-refractivity contribution < 1.29 is 4.74 Å². The normalized spacial score (nSPS) is 17.8. The number of hydrogen-bond donors (Lipinski definition) is 0. The molecule has 19 heavy (non-hydrogen) atoms. The molecule has 0 radical (unpaired) electrons. The first-order chi connectivity index (χ1) is 9.29. The second kappa shape index (κ2) is 4.96. The van der Waals surface area contributed by atoms with Crippen LogP contribution >= 0.6 is 0 Å². The first-order valence-corrected chi connectivity index (χ1v) is 6.90. The molecule has 1 atom stereocenters. The molecule has 0 saturated heterocycles. The summed E-state index contributed by atoms with van der Waals surface area (Å²) in [6, 6.07) is 16.9. The Bertz CT molecular complexity index is 579. The van der Waals surface area contributed by atoms with Gasteiger partial charge in [-0.3, -0.25) is 0 Å². The van der Waals surface area contributed by atoms with Crippen molar-refractivity contribution in [2.24, 2.45) is 0 Å². The second-order valence-electron chi connectivity index (χ2n) is 4.99. The van der Waals surface area contributed by atoms with E-state index in [1.165, 1.54) is 16.9 Å². The third-order valence-electron chi connectivity index (χ3n) is 3.59. The van der Waals surface area contributed by atoms with Crippen molar-refractivity contribution in [3.05, 3.63) is 54.1 Å². The van der Waals surface area contributed by atoms with Gasteiger partial charge in [-0.05, 0) is 37.1 Å². The van der Waals surface area contributed by atoms with Crippen LogP contribution in [-0.2, 0) is 6.42 Å². The van der Waals surface area contributed by atoms with E-state index >= 15 is 0 Å². The Balaban J connectivity index is 2.10. The highest BCUT2D eigenvalue weighted by Gasteiger charge is 2.24. The smallest absolute Gasteiger partial charge is 0.143 e. The molecule has 1 aliphatic rings. The first kappa shape index (κ1) is 12.1. The van der Waals surface area contributed by atoms with Gasteiger partial charge in [0.1, 0.15) is 11.9 Å². The Kier molecular flexibility index (Phi) is 3.16. The number of aryl methyl sites for hydroxylation is 1. The molecule has 3 rings (SSSR count). The van der Waals surface area contributed by atoms with Gasteiger partial charge in [-0.15, -0.1) is 0 Å². The Morgan fingerprint density at radius 3 is 2.53 bits per heavy atom. The van der Waals surface area contributed by atoms with Gasteiger partial charge in [0.05, 0.1) is 12.2 Å². The number of nitrogens with zero attached hydrogens (tertiary/aromatic N) is 1. The predicted molar refractivity (Wildman–Crippen MR) is 79.4 cm³/mol. The van der Waals surface area contributed by atoms with Gasteiger partial charge in [-0.2, -0.15) is 0 Å². The van der Waals surface area contributed by atoms with Gasteiger partial charge in [0.2, 0.25) is 0 Å². The molecule has 0 N–H and O–H groups in total. The van der Waals surface area contributed by atoms with E-state index in [1.54, 1.807) is 0 Å². The minimum atomic E-state index is 0.208. The van der Waals surface area contributed by atoms with Crippen LogP contribution in [0.15, 0.2) is 48.5 Å². The maximum atomic E-state index is 5.92. The Morgan fingerprint density at radius 1 is 1.05 bits per heavy atom. The fraction of sp³-hybridized carbons (Fsp3) is 0.294. The summed E-state index contributed by atoms with van der Waals surface area (Å²) in [5.41, 5.74) is 3.85. The Morgan fingerprint density at radius 2 is 1.74 bits per heavy atom. The Hall–Kier alpha value is -1.96. The number of fused-ring (bicyclic) bond motifs is 1. The monoisotopic (exact) mass is 253 g/mol. The molecule has 0 amide bonds. The highest BCUT2D eigenvalue weighted by atomic mass is 16.5. The van der Waals surface area contributed by atoms with Crippen LogP contribution in [0.1, 0.15) is 19.4 Å². The van der Waals surface area contributed by atoms with Crippen LogP contribution in [0.2, 0.25) is 0 Å². The predicted octanol–water partition coefficient (Wildman–Crippen LogP) is 4.17. The van der Waals surface area contributed by atoms with Crippen molar-refractivity contribution in [2.45, 2.75) is 26.4 Å². The molecule has 98 valence electrons. The van der Waals surface area contributed by atoms with Crippen LogP contribution < -0.4 is 9.64 Å². The summed E-state index contributed by atoms with van der Waals surface area (Å²) in [5, 5.41) is 0. The topological polar surface area (TPSA) is 12.5 Å². The van der Waals surface area contributed by atoms with Gasteiger partial charge in [-0.25, -0.2) is 0 Å². The van der Waals surface area contributed by atoms with Gasteiger partial charge in [0.25, 0.3) is 0 Å². The quantitative estimate of drug-likeness (QED) is 0.796. The zero-order valence-electron chi connectivity index (χ0n) is 11.5. The van der Waals surface area contributed by atoms with E-state index in [-0.39, 0.29) is 6.10 Å². The Labute approximate surface area is 114 Å². The SMILES string of the molecule is CCc1ccccc1N1CC(C)Oc2ccccc21. The van der Waals surface area contributed by atoms with E-state index in [2.05, 4.69) is 55.1 Å². The number of hydrogen-bond acceptors (Lipinski definition) is 2. The summed E-state index contributed by atoms with van der Waals surface area (Å²) in [6.45, 7) is 5.22. The maximum absolute atomic E-state index is 5.92. The number of rotatable bonds is 2. The zero-order chi connectivity index (χ0) is 13.2. The number of benzene rings is 2. The molecule has 2 heteroatoms. The summed E-state index contributed by atoms with van der Waals surface area (Å²) >= 11 is 0. The second-order valence-corrected chi connectivity index (χ2v) is 4.99. The summed E-state index contributed by atoms with van der Waals surface area (Å²) in [5.74, 6) is 0.979. The van der Waals surface area contributed by atoms with E-state index in [0.29, 0.717) is 0 Å².